The highest BCUT2D eigenvalue weighted by molar-refractivity contribution is 9.11. The molecule has 0 bridgehead atoms. The van der Waals surface area contributed by atoms with Crippen LogP contribution in [-0.2, 0) is 13.0 Å². The minimum Gasteiger partial charge on any atom is -0.396 e. The summed E-state index contributed by atoms with van der Waals surface area (Å²) in [7, 11) is 0. The van der Waals surface area contributed by atoms with E-state index in [1.807, 2.05) is 18.2 Å². The molecule has 0 saturated carbocycles. The molecule has 0 amide bonds. The summed E-state index contributed by atoms with van der Waals surface area (Å²) in [5.41, 5.74) is 2.11. The SMILES string of the molecule is C=C(Br)Cn1c(CCCO)nc2ccccc21. The Morgan fingerprint density at radius 3 is 2.88 bits per heavy atom. The van der Waals surface area contributed by atoms with Crippen LogP contribution in [-0.4, -0.2) is 21.3 Å². The van der Waals surface area contributed by atoms with Gasteiger partial charge in [-0.25, -0.2) is 4.98 Å². The van der Waals surface area contributed by atoms with Gasteiger partial charge in [-0.1, -0.05) is 34.6 Å². The monoisotopic (exact) mass is 294 g/mol. The van der Waals surface area contributed by atoms with Crippen molar-refractivity contribution in [3.05, 3.63) is 41.2 Å². The fourth-order valence-corrected chi connectivity index (χ4v) is 2.15. The Morgan fingerprint density at radius 1 is 1.41 bits per heavy atom. The van der Waals surface area contributed by atoms with E-state index >= 15 is 0 Å². The van der Waals surface area contributed by atoms with Gasteiger partial charge in [0.1, 0.15) is 5.82 Å². The average Bonchev–Trinajstić information content (AvgIpc) is 2.64. The predicted octanol–water partition coefficient (Wildman–Crippen LogP) is 2.87. The predicted molar refractivity (Wildman–Crippen MR) is 73.2 cm³/mol. The minimum absolute atomic E-state index is 0.193. The van der Waals surface area contributed by atoms with Crippen molar-refractivity contribution in [2.45, 2.75) is 19.4 Å². The van der Waals surface area contributed by atoms with Crippen LogP contribution in [0.5, 0.6) is 0 Å². The van der Waals surface area contributed by atoms with Crippen molar-refractivity contribution in [2.24, 2.45) is 0 Å². The van der Waals surface area contributed by atoms with Crippen LogP contribution in [0.1, 0.15) is 12.2 Å². The van der Waals surface area contributed by atoms with Gasteiger partial charge in [0.25, 0.3) is 0 Å². The molecule has 2 aromatic rings. The van der Waals surface area contributed by atoms with Crippen LogP contribution in [0.25, 0.3) is 11.0 Å². The Labute approximate surface area is 109 Å². The van der Waals surface area contributed by atoms with Crippen molar-refractivity contribution >= 4 is 27.0 Å². The van der Waals surface area contributed by atoms with Gasteiger partial charge in [0.05, 0.1) is 17.6 Å². The number of fused-ring (bicyclic) bond motifs is 1. The molecule has 0 unspecified atom stereocenters. The van der Waals surface area contributed by atoms with Crippen LogP contribution in [0.4, 0.5) is 0 Å². The van der Waals surface area contributed by atoms with Crippen LogP contribution < -0.4 is 0 Å². The van der Waals surface area contributed by atoms with Crippen LogP contribution >= 0.6 is 15.9 Å². The summed E-state index contributed by atoms with van der Waals surface area (Å²) in [4.78, 5) is 4.59. The van der Waals surface area contributed by atoms with E-state index in [2.05, 4.69) is 38.1 Å². The normalized spacial score (nSPS) is 10.9. The maximum atomic E-state index is 8.91. The number of hydrogen-bond acceptors (Lipinski definition) is 2. The first-order valence-corrected chi connectivity index (χ1v) is 6.40. The second-order valence-corrected chi connectivity index (χ2v) is 5.07. The highest BCUT2D eigenvalue weighted by Crippen LogP contribution is 2.19. The molecule has 0 aliphatic heterocycles. The Hall–Kier alpha value is -1.13. The molecule has 3 nitrogen and oxygen atoms in total. The quantitative estimate of drug-likeness (QED) is 0.921. The van der Waals surface area contributed by atoms with Crippen LogP contribution in [0.15, 0.2) is 35.3 Å². The molecular weight excluding hydrogens is 280 g/mol. The van der Waals surface area contributed by atoms with Crippen molar-refractivity contribution in [1.29, 1.82) is 0 Å². The lowest BCUT2D eigenvalue weighted by atomic mass is 10.3. The lowest BCUT2D eigenvalue weighted by Crippen LogP contribution is -2.04. The zero-order chi connectivity index (χ0) is 12.3. The standard InChI is InChI=1S/C13H15BrN2O/c1-10(14)9-16-12-6-3-2-5-11(12)15-13(16)7-4-8-17/h2-3,5-6,17H,1,4,7-9H2. The number of para-hydroxylation sites is 2. The Morgan fingerprint density at radius 2 is 2.18 bits per heavy atom. The van der Waals surface area contributed by atoms with E-state index in [4.69, 9.17) is 5.11 Å². The molecule has 17 heavy (non-hydrogen) atoms. The first kappa shape index (κ1) is 12.3. The summed E-state index contributed by atoms with van der Waals surface area (Å²) in [6, 6.07) is 8.05. The van der Waals surface area contributed by atoms with Gasteiger partial charge in [-0.3, -0.25) is 0 Å². The minimum atomic E-state index is 0.193. The van der Waals surface area contributed by atoms with E-state index in [1.54, 1.807) is 0 Å². The number of aliphatic hydroxyl groups is 1. The van der Waals surface area contributed by atoms with E-state index in [0.29, 0.717) is 6.54 Å². The van der Waals surface area contributed by atoms with Crippen molar-refractivity contribution in [3.63, 3.8) is 0 Å². The van der Waals surface area contributed by atoms with Crippen LogP contribution in [0, 0.1) is 0 Å². The van der Waals surface area contributed by atoms with Crippen LogP contribution in [0.2, 0.25) is 0 Å². The Balaban J connectivity index is 2.44. The summed E-state index contributed by atoms with van der Waals surface area (Å²) < 4.78 is 3.06. The molecule has 0 aliphatic carbocycles. The van der Waals surface area contributed by atoms with Crippen molar-refractivity contribution in [3.8, 4) is 0 Å². The van der Waals surface area contributed by atoms with E-state index in [0.717, 1.165) is 34.2 Å². The summed E-state index contributed by atoms with van der Waals surface area (Å²) in [5, 5.41) is 8.91. The van der Waals surface area contributed by atoms with E-state index < -0.39 is 0 Å². The molecule has 0 spiro atoms. The Kier molecular flexibility index (Phi) is 3.97. The first-order valence-electron chi connectivity index (χ1n) is 5.60. The van der Waals surface area contributed by atoms with E-state index in [9.17, 15) is 0 Å². The molecule has 4 heteroatoms. The lowest BCUT2D eigenvalue weighted by molar-refractivity contribution is 0.287. The summed E-state index contributed by atoms with van der Waals surface area (Å²) in [6.07, 6.45) is 1.52. The number of rotatable bonds is 5. The third kappa shape index (κ3) is 2.76. The summed E-state index contributed by atoms with van der Waals surface area (Å²) in [5.74, 6) is 1.00. The second-order valence-electron chi connectivity index (χ2n) is 3.95. The van der Waals surface area contributed by atoms with Gasteiger partial charge in [-0.05, 0) is 18.6 Å². The highest BCUT2D eigenvalue weighted by atomic mass is 79.9. The number of allylic oxidation sites excluding steroid dienone is 1. The third-order valence-electron chi connectivity index (χ3n) is 2.62. The maximum absolute atomic E-state index is 8.91. The van der Waals surface area contributed by atoms with Crippen molar-refractivity contribution in [2.75, 3.05) is 6.61 Å². The number of aliphatic hydroxyl groups excluding tert-OH is 1. The fourth-order valence-electron chi connectivity index (χ4n) is 1.90. The molecule has 0 saturated heterocycles. The number of hydrogen-bond donors (Lipinski definition) is 1. The molecule has 0 radical (unpaired) electrons. The molecule has 1 aromatic carbocycles. The molecule has 1 N–H and O–H groups in total. The molecule has 1 heterocycles. The smallest absolute Gasteiger partial charge is 0.110 e. The fraction of sp³-hybridized carbons (Fsp3) is 0.308. The molecule has 0 aliphatic rings. The number of aryl methyl sites for hydroxylation is 1. The van der Waals surface area contributed by atoms with E-state index in [1.165, 1.54) is 0 Å². The number of imidazole rings is 1. The number of halogens is 1. The summed E-state index contributed by atoms with van der Waals surface area (Å²) in [6.45, 7) is 4.78. The molecule has 2 rings (SSSR count). The average molecular weight is 295 g/mol. The molecule has 0 atom stereocenters. The highest BCUT2D eigenvalue weighted by Gasteiger charge is 2.09. The first-order chi connectivity index (χ1) is 8.22. The molecule has 1 aromatic heterocycles. The molecule has 0 fully saturated rings. The van der Waals surface area contributed by atoms with Gasteiger partial charge in [0.15, 0.2) is 0 Å². The molecule has 90 valence electrons. The van der Waals surface area contributed by atoms with Gasteiger partial charge in [-0.2, -0.15) is 0 Å². The van der Waals surface area contributed by atoms with Gasteiger partial charge in [0.2, 0.25) is 0 Å². The zero-order valence-electron chi connectivity index (χ0n) is 9.56. The third-order valence-corrected chi connectivity index (χ3v) is 2.87. The zero-order valence-corrected chi connectivity index (χ0v) is 11.2. The van der Waals surface area contributed by atoms with Crippen molar-refractivity contribution in [1.82, 2.24) is 9.55 Å². The molecular formula is C13H15BrN2O. The maximum Gasteiger partial charge on any atom is 0.110 e. The number of nitrogens with zero attached hydrogens (tertiary/aromatic N) is 2. The summed E-state index contributed by atoms with van der Waals surface area (Å²) >= 11 is 3.39. The van der Waals surface area contributed by atoms with E-state index in [-0.39, 0.29) is 6.61 Å². The lowest BCUT2D eigenvalue weighted by Gasteiger charge is -2.07. The van der Waals surface area contributed by atoms with Crippen LogP contribution in [0.3, 0.4) is 0 Å². The Bertz CT molecular complexity index is 533. The topological polar surface area (TPSA) is 38.0 Å². The largest absolute Gasteiger partial charge is 0.396 e. The van der Waals surface area contributed by atoms with Gasteiger partial charge >= 0.3 is 0 Å². The number of benzene rings is 1. The van der Waals surface area contributed by atoms with Gasteiger partial charge < -0.3 is 9.67 Å². The second kappa shape index (κ2) is 5.47. The van der Waals surface area contributed by atoms with Crippen molar-refractivity contribution < 1.29 is 5.11 Å². The number of aromatic nitrogens is 2. The van der Waals surface area contributed by atoms with Gasteiger partial charge in [-0.15, -0.1) is 0 Å². The van der Waals surface area contributed by atoms with Gasteiger partial charge in [0, 0.05) is 17.5 Å².